The van der Waals surface area contributed by atoms with Crippen LogP contribution in [0.1, 0.15) is 45.6 Å². The van der Waals surface area contributed by atoms with Gasteiger partial charge in [-0.05, 0) is 71.5 Å². The van der Waals surface area contributed by atoms with Crippen molar-refractivity contribution in [1.29, 1.82) is 0 Å². The predicted octanol–water partition coefficient (Wildman–Crippen LogP) is 6.47. The van der Waals surface area contributed by atoms with E-state index in [0.717, 1.165) is 56.4 Å². The third-order valence-corrected chi connectivity index (χ3v) is 7.48. The third kappa shape index (κ3) is 4.70. The Labute approximate surface area is 223 Å². The van der Waals surface area contributed by atoms with E-state index in [1.807, 2.05) is 60.7 Å². The molecule has 4 aromatic rings. The summed E-state index contributed by atoms with van der Waals surface area (Å²) in [5.41, 5.74) is 6.39. The first kappa shape index (κ1) is 24.4. The molecular weight excluding hydrogens is 476 g/mol. The summed E-state index contributed by atoms with van der Waals surface area (Å²) < 4.78 is 24.9. The SMILES string of the molecule is COc1ccc2c(c1)O[C@H](c1ccccc1)[C@@H](Oc1cccc([C@H]3Oc4cc(C)cc(C)c4C[C@@H]3O)c1)C2. The molecular formula is C33H32O5. The summed E-state index contributed by atoms with van der Waals surface area (Å²) in [7, 11) is 1.66. The fourth-order valence-electron chi connectivity index (χ4n) is 5.59. The maximum Gasteiger partial charge on any atom is 0.161 e. The van der Waals surface area contributed by atoms with Crippen LogP contribution >= 0.6 is 0 Å². The van der Waals surface area contributed by atoms with Gasteiger partial charge < -0.3 is 24.1 Å². The Hall–Kier alpha value is -3.96. The molecule has 1 N–H and O–H groups in total. The maximum atomic E-state index is 11.0. The van der Waals surface area contributed by atoms with E-state index < -0.39 is 12.2 Å². The van der Waals surface area contributed by atoms with Gasteiger partial charge >= 0.3 is 0 Å². The van der Waals surface area contributed by atoms with E-state index in [9.17, 15) is 5.11 Å². The van der Waals surface area contributed by atoms with Gasteiger partial charge in [0.1, 0.15) is 35.2 Å². The van der Waals surface area contributed by atoms with Gasteiger partial charge in [-0.3, -0.25) is 0 Å². The normalized spacial score (nSPS) is 21.9. The lowest BCUT2D eigenvalue weighted by Crippen LogP contribution is -2.35. The average molecular weight is 509 g/mol. The number of aryl methyl sites for hydroxylation is 2. The van der Waals surface area contributed by atoms with Crippen LogP contribution in [0.15, 0.2) is 84.9 Å². The van der Waals surface area contributed by atoms with Crippen LogP contribution < -0.4 is 18.9 Å². The minimum atomic E-state index is -0.643. The lowest BCUT2D eigenvalue weighted by Gasteiger charge is -2.35. The van der Waals surface area contributed by atoms with E-state index in [2.05, 4.69) is 38.1 Å². The molecule has 2 heterocycles. The van der Waals surface area contributed by atoms with Gasteiger partial charge in [-0.25, -0.2) is 0 Å². The molecule has 0 bridgehead atoms. The number of aliphatic hydroxyl groups excluding tert-OH is 1. The highest BCUT2D eigenvalue weighted by molar-refractivity contribution is 5.47. The van der Waals surface area contributed by atoms with Crippen molar-refractivity contribution >= 4 is 0 Å². The van der Waals surface area contributed by atoms with Gasteiger partial charge in [0.2, 0.25) is 0 Å². The fraction of sp³-hybridized carbons (Fsp3) is 0.273. The van der Waals surface area contributed by atoms with Gasteiger partial charge in [0.05, 0.1) is 13.2 Å². The number of aliphatic hydroxyl groups is 1. The number of benzene rings is 4. The van der Waals surface area contributed by atoms with Crippen LogP contribution in [0.2, 0.25) is 0 Å². The summed E-state index contributed by atoms with van der Waals surface area (Å²) in [6.07, 6.45) is -0.378. The first-order valence-electron chi connectivity index (χ1n) is 13.1. The Morgan fingerprint density at radius 2 is 1.53 bits per heavy atom. The molecule has 4 aromatic carbocycles. The molecule has 0 amide bonds. The molecule has 6 rings (SSSR count). The van der Waals surface area contributed by atoms with Crippen LogP contribution in [0, 0.1) is 13.8 Å². The Balaban J connectivity index is 1.29. The number of hydrogen-bond donors (Lipinski definition) is 1. The van der Waals surface area contributed by atoms with Crippen molar-refractivity contribution in [2.24, 2.45) is 0 Å². The second kappa shape index (κ2) is 10.1. The lowest BCUT2D eigenvalue weighted by atomic mass is 9.91. The molecule has 2 aliphatic heterocycles. The largest absolute Gasteiger partial charge is 0.497 e. The fourth-order valence-corrected chi connectivity index (χ4v) is 5.59. The van der Waals surface area contributed by atoms with Gasteiger partial charge in [-0.15, -0.1) is 0 Å². The molecule has 0 radical (unpaired) electrons. The summed E-state index contributed by atoms with van der Waals surface area (Å²) in [5.74, 6) is 3.15. The van der Waals surface area contributed by atoms with E-state index in [1.165, 1.54) is 0 Å². The van der Waals surface area contributed by atoms with Crippen molar-refractivity contribution in [2.45, 2.75) is 51.1 Å². The average Bonchev–Trinajstić information content (AvgIpc) is 2.93. The second-order valence-corrected chi connectivity index (χ2v) is 10.2. The van der Waals surface area contributed by atoms with Crippen molar-refractivity contribution in [2.75, 3.05) is 7.11 Å². The quantitative estimate of drug-likeness (QED) is 0.335. The van der Waals surface area contributed by atoms with Crippen LogP contribution in [-0.4, -0.2) is 24.4 Å². The zero-order valence-electron chi connectivity index (χ0n) is 21.9. The highest BCUT2D eigenvalue weighted by atomic mass is 16.5. The molecule has 194 valence electrons. The molecule has 0 aromatic heterocycles. The Kier molecular flexibility index (Phi) is 6.46. The topological polar surface area (TPSA) is 57.2 Å². The Bertz CT molecular complexity index is 1450. The predicted molar refractivity (Wildman–Crippen MR) is 146 cm³/mol. The molecule has 0 unspecified atom stereocenters. The van der Waals surface area contributed by atoms with Crippen molar-refractivity contribution in [1.82, 2.24) is 0 Å². The van der Waals surface area contributed by atoms with Crippen molar-refractivity contribution in [3.63, 3.8) is 0 Å². The number of rotatable bonds is 5. The van der Waals surface area contributed by atoms with E-state index in [0.29, 0.717) is 12.8 Å². The standard InChI is InChI=1S/C33H32O5/c1-20-14-21(2)27-19-28(34)32(38-30(27)15-20)24-10-7-11-26(16-24)36-31-17-23-12-13-25(35-3)18-29(23)37-33(31)22-8-5-4-6-9-22/h4-16,18,28,31-34H,17,19H2,1-3H3/t28-,31-,32+,33+/m0/s1. The number of ether oxygens (including phenoxy) is 4. The second-order valence-electron chi connectivity index (χ2n) is 10.2. The van der Waals surface area contributed by atoms with Crippen LogP contribution in [0.25, 0.3) is 0 Å². The summed E-state index contributed by atoms with van der Waals surface area (Å²) in [4.78, 5) is 0. The van der Waals surface area contributed by atoms with Crippen molar-refractivity contribution < 1.29 is 24.1 Å². The Morgan fingerprint density at radius 1 is 0.737 bits per heavy atom. The molecule has 5 heteroatoms. The van der Waals surface area contributed by atoms with Gasteiger partial charge in [-0.1, -0.05) is 54.6 Å². The number of hydrogen-bond acceptors (Lipinski definition) is 5. The van der Waals surface area contributed by atoms with Crippen LogP contribution in [0.5, 0.6) is 23.0 Å². The summed E-state index contributed by atoms with van der Waals surface area (Å²) in [6.45, 7) is 4.13. The molecule has 4 atom stereocenters. The Morgan fingerprint density at radius 3 is 2.34 bits per heavy atom. The van der Waals surface area contributed by atoms with E-state index in [-0.39, 0.29) is 12.2 Å². The first-order chi connectivity index (χ1) is 18.5. The molecule has 0 aliphatic carbocycles. The zero-order chi connectivity index (χ0) is 26.2. The molecule has 0 saturated heterocycles. The van der Waals surface area contributed by atoms with Crippen LogP contribution in [0.3, 0.4) is 0 Å². The smallest absolute Gasteiger partial charge is 0.161 e. The summed E-state index contributed by atoms with van der Waals surface area (Å²) in [5, 5.41) is 11.0. The summed E-state index contributed by atoms with van der Waals surface area (Å²) >= 11 is 0. The number of methoxy groups -OCH3 is 1. The molecule has 5 nitrogen and oxygen atoms in total. The molecule has 0 spiro atoms. The van der Waals surface area contributed by atoms with Gasteiger partial charge in [0.25, 0.3) is 0 Å². The maximum absolute atomic E-state index is 11.0. The minimum Gasteiger partial charge on any atom is -0.497 e. The molecule has 0 saturated carbocycles. The highest BCUT2D eigenvalue weighted by Crippen LogP contribution is 2.41. The van der Waals surface area contributed by atoms with Gasteiger partial charge in [-0.2, -0.15) is 0 Å². The molecule has 38 heavy (non-hydrogen) atoms. The molecule has 0 fully saturated rings. The monoisotopic (exact) mass is 508 g/mol. The number of fused-ring (bicyclic) bond motifs is 2. The minimum absolute atomic E-state index is 0.239. The molecule has 2 aliphatic rings. The summed E-state index contributed by atoms with van der Waals surface area (Å²) in [6, 6.07) is 28.1. The van der Waals surface area contributed by atoms with Gasteiger partial charge in [0, 0.05) is 18.9 Å². The zero-order valence-corrected chi connectivity index (χ0v) is 21.9. The van der Waals surface area contributed by atoms with Crippen molar-refractivity contribution in [3.8, 4) is 23.0 Å². The third-order valence-electron chi connectivity index (χ3n) is 7.48. The van der Waals surface area contributed by atoms with Gasteiger partial charge in [0.15, 0.2) is 6.10 Å². The lowest BCUT2D eigenvalue weighted by molar-refractivity contribution is 0.0196. The van der Waals surface area contributed by atoms with E-state index in [4.69, 9.17) is 18.9 Å². The highest BCUT2D eigenvalue weighted by Gasteiger charge is 2.35. The van der Waals surface area contributed by atoms with E-state index in [1.54, 1.807) is 7.11 Å². The van der Waals surface area contributed by atoms with Crippen molar-refractivity contribution in [3.05, 3.63) is 118 Å². The van der Waals surface area contributed by atoms with E-state index >= 15 is 0 Å². The first-order valence-corrected chi connectivity index (χ1v) is 13.1. The van der Waals surface area contributed by atoms with Crippen LogP contribution in [-0.2, 0) is 12.8 Å². The van der Waals surface area contributed by atoms with Crippen LogP contribution in [0.4, 0.5) is 0 Å².